The number of aliphatic hydroxyl groups is 12. The van der Waals surface area contributed by atoms with Crippen molar-refractivity contribution in [2.75, 3.05) is 96.1 Å². The molecule has 2 amide bonds. The number of hydrogen-bond donors (Lipinski definition) is 14. The Kier molecular flexibility index (Phi) is 44.6. The van der Waals surface area contributed by atoms with E-state index < -0.39 is 73.2 Å². The van der Waals surface area contributed by atoms with Crippen LogP contribution in [0.3, 0.4) is 0 Å². The molecule has 0 aromatic rings. The standard InChI is InChI=1S/C10H16Br2N2O2.C10H22Cl2N2O4.2C6H12Br2O4/c11-3-1-9(15)13-5-7-14(8-6-13)10(16)2-4-12;11-1-3-13-5-7(15)9(17)10(18)8(16)6-14-4-2-12;2*7-1-3(9)5(11)6(12)4(10)2-8/h1-8H2;7-10,13-18H,1-6H2;2*3-6,9-12H,1-2H2/t;7-,8-,9-,10-;3-,4-,5-,6-;/m.11./s1. The van der Waals surface area contributed by atoms with Gasteiger partial charge in [-0.1, -0.05) is 95.6 Å². The smallest absolute Gasteiger partial charge is 0.223 e. The van der Waals surface area contributed by atoms with Crippen molar-refractivity contribution in [1.82, 2.24) is 20.4 Å². The van der Waals surface area contributed by atoms with Gasteiger partial charge in [0.15, 0.2) is 0 Å². The van der Waals surface area contributed by atoms with Gasteiger partial charge in [-0.15, -0.1) is 23.2 Å². The molecular weight excluding hydrogens is 1210 g/mol. The number of aliphatic hydroxyl groups excluding tert-OH is 12. The number of rotatable bonds is 25. The van der Waals surface area contributed by atoms with E-state index in [0.29, 0.717) is 74.5 Å². The summed E-state index contributed by atoms with van der Waals surface area (Å²) in [5, 5.41) is 119. The molecule has 0 radical (unpaired) electrons. The van der Waals surface area contributed by atoms with Gasteiger partial charge in [0.05, 0.1) is 36.6 Å². The molecule has 1 aliphatic heterocycles. The molecule has 26 heteroatoms. The third-order valence-electron chi connectivity index (χ3n) is 7.90. The maximum atomic E-state index is 11.6. The lowest BCUT2D eigenvalue weighted by atomic mass is 10.0. The normalized spacial score (nSPS) is 19.1. The second-order valence-electron chi connectivity index (χ2n) is 12.4. The summed E-state index contributed by atoms with van der Waals surface area (Å²) in [6.07, 6.45) is -13.8. The summed E-state index contributed by atoms with van der Waals surface area (Å²) < 4.78 is 0. The lowest BCUT2D eigenvalue weighted by Crippen LogP contribution is -2.50. The highest BCUT2D eigenvalue weighted by atomic mass is 79.9. The maximum absolute atomic E-state index is 11.6. The molecule has 0 aromatic heterocycles. The molecule has 1 aliphatic rings. The van der Waals surface area contributed by atoms with Crippen LogP contribution in [-0.2, 0) is 9.59 Å². The topological polar surface area (TPSA) is 307 Å². The monoisotopic (exact) mass is 1270 g/mol. The molecule has 58 heavy (non-hydrogen) atoms. The number of nitrogens with one attached hydrogen (secondary N) is 2. The van der Waals surface area contributed by atoms with Crippen LogP contribution in [-0.4, -0.2) is 252 Å². The molecule has 0 bridgehead atoms. The molecule has 0 aliphatic carbocycles. The number of hydrogen-bond acceptors (Lipinski definition) is 16. The minimum Gasteiger partial charge on any atom is -0.389 e. The van der Waals surface area contributed by atoms with Gasteiger partial charge in [-0.25, -0.2) is 0 Å². The van der Waals surface area contributed by atoms with Crippen LogP contribution < -0.4 is 10.6 Å². The van der Waals surface area contributed by atoms with Gasteiger partial charge < -0.3 is 81.7 Å². The van der Waals surface area contributed by atoms with Gasteiger partial charge in [0, 0.05) is 109 Å². The van der Waals surface area contributed by atoms with E-state index in [1.807, 2.05) is 9.80 Å². The lowest BCUT2D eigenvalue weighted by Gasteiger charge is -2.34. The highest BCUT2D eigenvalue weighted by Crippen LogP contribution is 2.11. The van der Waals surface area contributed by atoms with Crippen molar-refractivity contribution in [2.45, 2.75) is 86.1 Å². The summed E-state index contributed by atoms with van der Waals surface area (Å²) in [7, 11) is 0. The predicted molar refractivity (Wildman–Crippen MR) is 244 cm³/mol. The quantitative estimate of drug-likeness (QED) is 0.0340. The van der Waals surface area contributed by atoms with E-state index in [4.69, 9.17) is 43.6 Å². The Morgan fingerprint density at radius 1 is 0.448 bits per heavy atom. The van der Waals surface area contributed by atoms with Crippen molar-refractivity contribution < 1.29 is 70.9 Å². The lowest BCUT2D eigenvalue weighted by molar-refractivity contribution is -0.139. The summed E-state index contributed by atoms with van der Waals surface area (Å²) in [5.41, 5.74) is 0. The second-order valence-corrected chi connectivity index (χ2v) is 17.3. The molecule has 1 fully saturated rings. The molecule has 4 unspecified atom stereocenters. The second kappa shape index (κ2) is 40.4. The Morgan fingerprint density at radius 2 is 0.672 bits per heavy atom. The van der Waals surface area contributed by atoms with Crippen molar-refractivity contribution in [2.24, 2.45) is 0 Å². The molecule has 350 valence electrons. The van der Waals surface area contributed by atoms with Crippen molar-refractivity contribution in [3.05, 3.63) is 0 Å². The highest BCUT2D eigenvalue weighted by molar-refractivity contribution is 9.10. The number of amides is 2. The average molecular weight is 1280 g/mol. The first-order valence-electron chi connectivity index (χ1n) is 17.9. The van der Waals surface area contributed by atoms with Crippen molar-refractivity contribution in [1.29, 1.82) is 0 Å². The molecule has 18 nitrogen and oxygen atoms in total. The molecule has 1 saturated heterocycles. The Bertz CT molecular complexity index is 902. The Hall–Kier alpha value is 1.84. The molecular formula is C32H62Br6Cl2N4O14. The van der Waals surface area contributed by atoms with E-state index in [-0.39, 0.29) is 46.2 Å². The van der Waals surface area contributed by atoms with Crippen LogP contribution in [0.4, 0.5) is 0 Å². The van der Waals surface area contributed by atoms with Gasteiger partial charge in [0.1, 0.15) is 36.6 Å². The Labute approximate surface area is 400 Å². The molecule has 0 saturated carbocycles. The van der Waals surface area contributed by atoms with Crippen LogP contribution in [0.5, 0.6) is 0 Å². The SMILES string of the molecule is O=C(CCBr)N1CCN(C(=O)CCBr)CC1.OC(CBr)C(O)C(O)C(O)CBr.O[C@@H]([C@H](O)[C@H](O)CBr)[C@H](O)CBr.O[C@@H]([C@H](O)[C@H](O)CNCCCl)[C@H](O)CNCCCl. The number of nitrogens with zero attached hydrogens (tertiary/aromatic N) is 2. The first kappa shape index (κ1) is 64.1. The summed E-state index contributed by atoms with van der Waals surface area (Å²) in [6, 6.07) is 0. The number of alkyl halides is 8. The van der Waals surface area contributed by atoms with Crippen LogP contribution in [0.15, 0.2) is 0 Å². The fourth-order valence-corrected chi connectivity index (χ4v) is 6.77. The number of halogens is 8. The fourth-order valence-electron chi connectivity index (χ4n) is 4.29. The molecule has 1 rings (SSSR count). The summed E-state index contributed by atoms with van der Waals surface area (Å²) in [4.78, 5) is 26.8. The third-order valence-corrected chi connectivity index (χ3v) is 11.7. The zero-order valence-electron chi connectivity index (χ0n) is 31.8. The maximum Gasteiger partial charge on any atom is 0.223 e. The van der Waals surface area contributed by atoms with Crippen LogP contribution in [0.1, 0.15) is 12.8 Å². The molecule has 12 atom stereocenters. The molecule has 0 spiro atoms. The van der Waals surface area contributed by atoms with Crippen LogP contribution in [0.2, 0.25) is 0 Å². The molecule has 0 aromatic carbocycles. The first-order chi connectivity index (χ1) is 27.3. The third kappa shape index (κ3) is 29.3. The van der Waals surface area contributed by atoms with E-state index in [1.165, 1.54) is 0 Å². The Balaban J connectivity index is -0.000000706. The van der Waals surface area contributed by atoms with E-state index in [2.05, 4.69) is 106 Å². The van der Waals surface area contributed by atoms with Crippen LogP contribution in [0.25, 0.3) is 0 Å². The van der Waals surface area contributed by atoms with Crippen LogP contribution >= 0.6 is 119 Å². The average Bonchev–Trinajstić information content (AvgIpc) is 3.24. The van der Waals surface area contributed by atoms with E-state index in [9.17, 15) is 50.4 Å². The van der Waals surface area contributed by atoms with Crippen molar-refractivity contribution in [3.8, 4) is 0 Å². The molecule has 14 N–H and O–H groups in total. The number of carbonyl (C=O) groups excluding carboxylic acids is 2. The minimum atomic E-state index is -1.43. The van der Waals surface area contributed by atoms with Crippen molar-refractivity contribution in [3.63, 3.8) is 0 Å². The van der Waals surface area contributed by atoms with Gasteiger partial charge in [0.2, 0.25) is 11.8 Å². The minimum absolute atomic E-state index is 0.0901. The van der Waals surface area contributed by atoms with Crippen molar-refractivity contribution >= 4 is 131 Å². The Morgan fingerprint density at radius 3 is 0.862 bits per heavy atom. The van der Waals surface area contributed by atoms with Crippen LogP contribution in [0, 0.1) is 0 Å². The zero-order valence-corrected chi connectivity index (χ0v) is 42.8. The first-order valence-corrected chi connectivity index (χ1v) is 25.7. The number of carbonyl (C=O) groups is 2. The van der Waals surface area contributed by atoms with E-state index >= 15 is 0 Å². The largest absolute Gasteiger partial charge is 0.389 e. The number of piperazine rings is 1. The van der Waals surface area contributed by atoms with Gasteiger partial charge in [-0.2, -0.15) is 0 Å². The van der Waals surface area contributed by atoms with E-state index in [1.54, 1.807) is 0 Å². The zero-order chi connectivity index (χ0) is 45.4. The summed E-state index contributed by atoms with van der Waals surface area (Å²) in [5.74, 6) is 1.11. The van der Waals surface area contributed by atoms with Gasteiger partial charge >= 0.3 is 0 Å². The highest BCUT2D eigenvalue weighted by Gasteiger charge is 2.31. The van der Waals surface area contributed by atoms with E-state index in [0.717, 1.165) is 0 Å². The summed E-state index contributed by atoms with van der Waals surface area (Å²) >= 11 is 29.1. The molecule has 1 heterocycles. The predicted octanol–water partition coefficient (Wildman–Crippen LogP) is -2.25. The van der Waals surface area contributed by atoms with Gasteiger partial charge in [0.25, 0.3) is 0 Å². The summed E-state index contributed by atoms with van der Waals surface area (Å²) in [6.45, 7) is 3.82. The van der Waals surface area contributed by atoms with Gasteiger partial charge in [-0.3, -0.25) is 9.59 Å². The fraction of sp³-hybridized carbons (Fsp3) is 0.938. The van der Waals surface area contributed by atoms with Gasteiger partial charge in [-0.05, 0) is 0 Å².